The van der Waals surface area contributed by atoms with Crippen molar-refractivity contribution < 1.29 is 14.1 Å². The zero-order chi connectivity index (χ0) is 14.8. The van der Waals surface area contributed by atoms with Crippen LogP contribution in [0.15, 0.2) is 18.2 Å². The highest BCUT2D eigenvalue weighted by atomic mass is 19.1. The van der Waals surface area contributed by atoms with Crippen molar-refractivity contribution in [3.8, 4) is 0 Å². The Labute approximate surface area is 115 Å². The zero-order valence-electron chi connectivity index (χ0n) is 11.1. The predicted molar refractivity (Wildman–Crippen MR) is 71.9 cm³/mol. The van der Waals surface area contributed by atoms with Crippen molar-refractivity contribution >= 4 is 17.3 Å². The number of nitrogens with one attached hydrogen (secondary N) is 2. The highest BCUT2D eigenvalue weighted by molar-refractivity contribution is 5.98. The molecule has 6 nitrogen and oxygen atoms in total. The van der Waals surface area contributed by atoms with Crippen molar-refractivity contribution in [2.75, 3.05) is 11.9 Å². The summed E-state index contributed by atoms with van der Waals surface area (Å²) in [6, 6.07) is 3.34. The SMILES string of the molecule is CCC1(C(=O)Nc2ccc([N+](=O)[O-])c(F)c2)CCCN1. The molecule has 1 aliphatic rings. The summed E-state index contributed by atoms with van der Waals surface area (Å²) >= 11 is 0. The number of amides is 1. The van der Waals surface area contributed by atoms with Gasteiger partial charge in [0, 0.05) is 17.8 Å². The summed E-state index contributed by atoms with van der Waals surface area (Å²) in [4.78, 5) is 22.0. The number of hydrogen-bond donors (Lipinski definition) is 2. The summed E-state index contributed by atoms with van der Waals surface area (Å²) in [5.41, 5.74) is -1.01. The number of nitro benzene ring substituents is 1. The Balaban J connectivity index is 2.16. The normalized spacial score (nSPS) is 21.7. The molecule has 2 rings (SSSR count). The van der Waals surface area contributed by atoms with Gasteiger partial charge < -0.3 is 10.6 Å². The van der Waals surface area contributed by atoms with Crippen molar-refractivity contribution in [1.82, 2.24) is 5.32 Å². The van der Waals surface area contributed by atoms with Gasteiger partial charge in [0.2, 0.25) is 11.7 Å². The van der Waals surface area contributed by atoms with Gasteiger partial charge in [0.25, 0.3) is 0 Å². The second-order valence-corrected chi connectivity index (χ2v) is 4.84. The Kier molecular flexibility index (Phi) is 3.99. The highest BCUT2D eigenvalue weighted by Gasteiger charge is 2.39. The van der Waals surface area contributed by atoms with Gasteiger partial charge in [0.1, 0.15) is 0 Å². The highest BCUT2D eigenvalue weighted by Crippen LogP contribution is 2.26. The zero-order valence-corrected chi connectivity index (χ0v) is 11.1. The quantitative estimate of drug-likeness (QED) is 0.654. The van der Waals surface area contributed by atoms with Crippen molar-refractivity contribution in [3.05, 3.63) is 34.1 Å². The molecular weight excluding hydrogens is 265 g/mol. The minimum atomic E-state index is -0.960. The Morgan fingerprint density at radius 1 is 1.60 bits per heavy atom. The van der Waals surface area contributed by atoms with Gasteiger partial charge in [-0.25, -0.2) is 0 Å². The number of carbonyl (C=O) groups excluding carboxylic acids is 1. The molecule has 1 aliphatic heterocycles. The number of rotatable bonds is 4. The fourth-order valence-corrected chi connectivity index (χ4v) is 2.45. The molecule has 0 spiro atoms. The van der Waals surface area contributed by atoms with Crippen LogP contribution in [0.25, 0.3) is 0 Å². The summed E-state index contributed by atoms with van der Waals surface area (Å²) < 4.78 is 13.5. The fraction of sp³-hybridized carbons (Fsp3) is 0.462. The van der Waals surface area contributed by atoms with E-state index in [1.807, 2.05) is 6.92 Å². The molecule has 7 heteroatoms. The van der Waals surface area contributed by atoms with E-state index in [9.17, 15) is 19.3 Å². The van der Waals surface area contributed by atoms with E-state index < -0.39 is 22.0 Å². The van der Waals surface area contributed by atoms with Gasteiger partial charge in [-0.3, -0.25) is 14.9 Å². The maximum Gasteiger partial charge on any atom is 0.304 e. The van der Waals surface area contributed by atoms with Crippen LogP contribution in [-0.2, 0) is 4.79 Å². The topological polar surface area (TPSA) is 84.3 Å². The van der Waals surface area contributed by atoms with Gasteiger partial charge in [0.15, 0.2) is 0 Å². The Morgan fingerprint density at radius 3 is 2.85 bits per heavy atom. The van der Waals surface area contributed by atoms with Crippen LogP contribution in [-0.4, -0.2) is 22.9 Å². The van der Waals surface area contributed by atoms with Gasteiger partial charge in [-0.15, -0.1) is 0 Å². The van der Waals surface area contributed by atoms with E-state index in [0.29, 0.717) is 6.42 Å². The fourth-order valence-electron chi connectivity index (χ4n) is 2.45. The second kappa shape index (κ2) is 5.54. The van der Waals surface area contributed by atoms with Gasteiger partial charge in [-0.1, -0.05) is 6.92 Å². The first-order chi connectivity index (χ1) is 9.48. The van der Waals surface area contributed by atoms with Crippen molar-refractivity contribution in [2.45, 2.75) is 31.7 Å². The molecule has 108 valence electrons. The molecule has 0 aromatic heterocycles. The Bertz CT molecular complexity index is 542. The number of nitrogens with zero attached hydrogens (tertiary/aromatic N) is 1. The third kappa shape index (κ3) is 2.62. The lowest BCUT2D eigenvalue weighted by Crippen LogP contribution is -2.50. The van der Waals surface area contributed by atoms with E-state index in [-0.39, 0.29) is 11.6 Å². The van der Waals surface area contributed by atoms with E-state index in [1.165, 1.54) is 6.07 Å². The molecule has 2 N–H and O–H groups in total. The molecule has 0 aliphatic carbocycles. The maximum absolute atomic E-state index is 13.5. The van der Waals surface area contributed by atoms with Crippen LogP contribution in [0.1, 0.15) is 26.2 Å². The van der Waals surface area contributed by atoms with Gasteiger partial charge in [-0.05, 0) is 31.9 Å². The number of hydrogen-bond acceptors (Lipinski definition) is 4. The van der Waals surface area contributed by atoms with Gasteiger partial charge in [-0.2, -0.15) is 4.39 Å². The summed E-state index contributed by atoms with van der Waals surface area (Å²) in [6.07, 6.45) is 2.27. The van der Waals surface area contributed by atoms with Crippen molar-refractivity contribution in [1.29, 1.82) is 0 Å². The molecule has 1 saturated heterocycles. The molecule has 0 bridgehead atoms. The summed E-state index contributed by atoms with van der Waals surface area (Å²) in [5.74, 6) is -1.19. The molecule has 20 heavy (non-hydrogen) atoms. The second-order valence-electron chi connectivity index (χ2n) is 4.84. The number of halogens is 1. The van der Waals surface area contributed by atoms with Crippen molar-refractivity contribution in [2.24, 2.45) is 0 Å². The summed E-state index contributed by atoms with van der Waals surface area (Å²) in [5, 5.41) is 16.3. The number of benzene rings is 1. The summed E-state index contributed by atoms with van der Waals surface area (Å²) in [7, 11) is 0. The monoisotopic (exact) mass is 281 g/mol. The first-order valence-corrected chi connectivity index (χ1v) is 6.49. The minimum absolute atomic E-state index is 0.222. The van der Waals surface area contributed by atoms with Crippen LogP contribution in [0.5, 0.6) is 0 Å². The lowest BCUT2D eigenvalue weighted by molar-refractivity contribution is -0.387. The van der Waals surface area contributed by atoms with E-state index in [4.69, 9.17) is 0 Å². The maximum atomic E-state index is 13.5. The van der Waals surface area contributed by atoms with Crippen LogP contribution in [0.3, 0.4) is 0 Å². The number of anilines is 1. The molecular formula is C13H16FN3O3. The van der Waals surface area contributed by atoms with Crippen LogP contribution in [0.4, 0.5) is 15.8 Å². The first kappa shape index (κ1) is 14.4. The van der Waals surface area contributed by atoms with Crippen LogP contribution in [0, 0.1) is 15.9 Å². The minimum Gasteiger partial charge on any atom is -0.324 e. The number of nitro groups is 1. The molecule has 1 unspecified atom stereocenters. The lowest BCUT2D eigenvalue weighted by Gasteiger charge is -2.26. The standard InChI is InChI=1S/C13H16FN3O3/c1-2-13(6-3-7-15-13)12(18)16-9-4-5-11(17(19)20)10(14)8-9/h4-5,8,15H,2-3,6-7H2,1H3,(H,16,18). The Morgan fingerprint density at radius 2 is 2.35 bits per heavy atom. The lowest BCUT2D eigenvalue weighted by atomic mass is 9.93. The first-order valence-electron chi connectivity index (χ1n) is 6.49. The van der Waals surface area contributed by atoms with E-state index in [0.717, 1.165) is 31.5 Å². The molecule has 0 radical (unpaired) electrons. The van der Waals surface area contributed by atoms with Crippen molar-refractivity contribution in [3.63, 3.8) is 0 Å². The third-order valence-corrected chi connectivity index (χ3v) is 3.68. The van der Waals surface area contributed by atoms with Crippen LogP contribution >= 0.6 is 0 Å². The molecule has 1 heterocycles. The molecule has 1 aromatic carbocycles. The van der Waals surface area contributed by atoms with E-state index >= 15 is 0 Å². The third-order valence-electron chi connectivity index (χ3n) is 3.68. The molecule has 1 aromatic rings. The van der Waals surface area contributed by atoms with E-state index in [2.05, 4.69) is 10.6 Å². The molecule has 1 atom stereocenters. The van der Waals surface area contributed by atoms with Gasteiger partial charge in [0.05, 0.1) is 10.5 Å². The number of carbonyl (C=O) groups is 1. The average molecular weight is 281 g/mol. The predicted octanol–water partition coefficient (Wildman–Crippen LogP) is 2.20. The molecule has 0 saturated carbocycles. The van der Waals surface area contributed by atoms with E-state index in [1.54, 1.807) is 0 Å². The Hall–Kier alpha value is -2.02. The van der Waals surface area contributed by atoms with Crippen LogP contribution < -0.4 is 10.6 Å². The average Bonchev–Trinajstić information content (AvgIpc) is 2.88. The van der Waals surface area contributed by atoms with Crippen LogP contribution in [0.2, 0.25) is 0 Å². The van der Waals surface area contributed by atoms with Gasteiger partial charge >= 0.3 is 5.69 Å². The largest absolute Gasteiger partial charge is 0.324 e. The summed E-state index contributed by atoms with van der Waals surface area (Å²) in [6.45, 7) is 2.68. The molecule has 1 amide bonds. The smallest absolute Gasteiger partial charge is 0.304 e. The molecule has 1 fully saturated rings.